The van der Waals surface area contributed by atoms with Gasteiger partial charge in [-0.05, 0) is 42.0 Å². The third-order valence-corrected chi connectivity index (χ3v) is 7.78. The molecule has 25 heavy (non-hydrogen) atoms. The van der Waals surface area contributed by atoms with Gasteiger partial charge in [-0.15, -0.1) is 0 Å². The monoisotopic (exact) mass is 355 g/mol. The van der Waals surface area contributed by atoms with Gasteiger partial charge in [-0.2, -0.15) is 4.31 Å². The minimum Gasteiger partial charge on any atom is -0.207 e. The van der Waals surface area contributed by atoms with Crippen LogP contribution in [0.5, 0.6) is 0 Å². The lowest BCUT2D eigenvalue weighted by Gasteiger charge is -2.61. The van der Waals surface area contributed by atoms with Crippen LogP contribution in [0.25, 0.3) is 0 Å². The Balaban J connectivity index is 1.68. The molecule has 2 fully saturated rings. The van der Waals surface area contributed by atoms with E-state index in [1.165, 1.54) is 6.42 Å². The average molecular weight is 356 g/mol. The van der Waals surface area contributed by atoms with Crippen LogP contribution in [0.4, 0.5) is 0 Å². The first-order valence-electron chi connectivity index (χ1n) is 9.11. The lowest BCUT2D eigenvalue weighted by molar-refractivity contribution is -0.0780. The molecule has 3 nitrogen and oxygen atoms in total. The largest absolute Gasteiger partial charge is 0.243 e. The van der Waals surface area contributed by atoms with Crippen molar-refractivity contribution < 1.29 is 8.42 Å². The summed E-state index contributed by atoms with van der Waals surface area (Å²) >= 11 is 0. The fraction of sp³-hybridized carbons (Fsp3) is 0.429. The zero-order valence-corrected chi connectivity index (χ0v) is 15.7. The molecule has 1 saturated heterocycles. The molecule has 1 atom stereocenters. The van der Waals surface area contributed by atoms with Crippen molar-refractivity contribution in [1.29, 1.82) is 0 Å². The van der Waals surface area contributed by atoms with E-state index < -0.39 is 10.0 Å². The predicted octanol–water partition coefficient (Wildman–Crippen LogP) is 4.73. The summed E-state index contributed by atoms with van der Waals surface area (Å²) in [6, 6.07) is 17.5. The second-order valence-electron chi connectivity index (χ2n) is 7.80. The molecule has 1 spiro atoms. The molecular weight excluding hydrogens is 330 g/mol. The van der Waals surface area contributed by atoms with Crippen LogP contribution in [0.15, 0.2) is 59.5 Å². The molecule has 2 aromatic carbocycles. The van der Waals surface area contributed by atoms with Gasteiger partial charge in [-0.3, -0.25) is 0 Å². The van der Waals surface area contributed by atoms with Gasteiger partial charge in [0.2, 0.25) is 10.0 Å². The minimum absolute atomic E-state index is 0.0165. The van der Waals surface area contributed by atoms with E-state index in [0.29, 0.717) is 17.4 Å². The van der Waals surface area contributed by atoms with E-state index in [-0.39, 0.29) is 11.5 Å². The molecule has 0 bridgehead atoms. The van der Waals surface area contributed by atoms with Crippen LogP contribution in [-0.4, -0.2) is 19.3 Å². The van der Waals surface area contributed by atoms with Crippen LogP contribution in [0.2, 0.25) is 0 Å². The van der Waals surface area contributed by atoms with E-state index in [1.54, 1.807) is 16.4 Å². The molecule has 2 aromatic rings. The third-order valence-electron chi connectivity index (χ3n) is 5.96. The van der Waals surface area contributed by atoms with Crippen LogP contribution in [-0.2, 0) is 10.0 Å². The van der Waals surface area contributed by atoms with Gasteiger partial charge in [-0.25, -0.2) is 8.42 Å². The topological polar surface area (TPSA) is 37.4 Å². The normalized spacial score (nSPS) is 22.6. The zero-order chi connectivity index (χ0) is 17.7. The van der Waals surface area contributed by atoms with Gasteiger partial charge in [0.1, 0.15) is 0 Å². The van der Waals surface area contributed by atoms with E-state index in [4.69, 9.17) is 0 Å². The third kappa shape index (κ3) is 2.63. The lowest BCUT2D eigenvalue weighted by Crippen LogP contribution is -2.63. The first kappa shape index (κ1) is 16.8. The van der Waals surface area contributed by atoms with Gasteiger partial charge in [0.05, 0.1) is 10.9 Å². The molecule has 0 radical (unpaired) electrons. The van der Waals surface area contributed by atoms with Crippen LogP contribution >= 0.6 is 0 Å². The van der Waals surface area contributed by atoms with Gasteiger partial charge in [0.25, 0.3) is 0 Å². The number of hydrogen-bond acceptors (Lipinski definition) is 2. The minimum atomic E-state index is -3.46. The summed E-state index contributed by atoms with van der Waals surface area (Å²) in [4.78, 5) is 0.409. The maximum atomic E-state index is 13.2. The van der Waals surface area contributed by atoms with E-state index >= 15 is 0 Å². The van der Waals surface area contributed by atoms with Crippen molar-refractivity contribution in [3.63, 3.8) is 0 Å². The van der Waals surface area contributed by atoms with Gasteiger partial charge < -0.3 is 0 Å². The highest BCUT2D eigenvalue weighted by Gasteiger charge is 2.60. The predicted molar refractivity (Wildman–Crippen MR) is 99.9 cm³/mol. The van der Waals surface area contributed by atoms with Crippen molar-refractivity contribution in [1.82, 2.24) is 4.31 Å². The zero-order valence-electron chi connectivity index (χ0n) is 14.9. The Morgan fingerprint density at radius 3 is 2.16 bits per heavy atom. The van der Waals surface area contributed by atoms with Crippen molar-refractivity contribution in [2.24, 2.45) is 5.41 Å². The van der Waals surface area contributed by atoms with E-state index in [2.05, 4.69) is 26.0 Å². The fourth-order valence-corrected chi connectivity index (χ4v) is 6.08. The molecule has 2 aliphatic rings. The molecule has 0 aromatic heterocycles. The Morgan fingerprint density at radius 1 is 1.00 bits per heavy atom. The van der Waals surface area contributed by atoms with E-state index in [1.807, 2.05) is 30.3 Å². The lowest BCUT2D eigenvalue weighted by atomic mass is 9.58. The van der Waals surface area contributed by atoms with Gasteiger partial charge in [0, 0.05) is 12.0 Å². The first-order valence-corrected chi connectivity index (χ1v) is 10.5. The maximum Gasteiger partial charge on any atom is 0.243 e. The molecule has 1 saturated carbocycles. The van der Waals surface area contributed by atoms with Gasteiger partial charge >= 0.3 is 0 Å². The summed E-state index contributed by atoms with van der Waals surface area (Å²) in [5, 5.41) is 0. The van der Waals surface area contributed by atoms with E-state index in [0.717, 1.165) is 24.0 Å². The van der Waals surface area contributed by atoms with Gasteiger partial charge in [-0.1, -0.05) is 62.7 Å². The summed E-state index contributed by atoms with van der Waals surface area (Å²) in [5.41, 5.74) is 2.44. The quantitative estimate of drug-likeness (QED) is 0.795. The van der Waals surface area contributed by atoms with E-state index in [9.17, 15) is 8.42 Å². The van der Waals surface area contributed by atoms with Crippen molar-refractivity contribution in [2.45, 2.75) is 50.0 Å². The average Bonchev–Trinajstić information content (AvgIpc) is 2.53. The molecule has 4 rings (SSSR count). The van der Waals surface area contributed by atoms with Crippen molar-refractivity contribution >= 4 is 10.0 Å². The maximum absolute atomic E-state index is 13.2. The standard InChI is InChI=1S/C21H25NO2S/c1-16(2)17-9-11-19(12-10-17)25(23,24)22-15-21(13-6-14-21)20(22)18-7-4-3-5-8-18/h3-5,7-12,16,20H,6,13-15H2,1-2H3. The summed E-state index contributed by atoms with van der Waals surface area (Å²) in [6.07, 6.45) is 3.47. The molecule has 132 valence electrons. The molecule has 4 heteroatoms. The summed E-state index contributed by atoms with van der Waals surface area (Å²) in [6.45, 7) is 4.89. The molecule has 0 amide bonds. The second-order valence-corrected chi connectivity index (χ2v) is 9.69. The van der Waals surface area contributed by atoms with Crippen LogP contribution in [0.1, 0.15) is 56.2 Å². The Hall–Kier alpha value is -1.65. The fourth-order valence-electron chi connectivity index (χ4n) is 4.28. The number of benzene rings is 2. The molecule has 0 N–H and O–H groups in total. The summed E-state index contributed by atoms with van der Waals surface area (Å²) in [7, 11) is -3.46. The molecule has 1 aliphatic carbocycles. The molecule has 1 aliphatic heterocycles. The van der Waals surface area contributed by atoms with Crippen molar-refractivity contribution in [3.8, 4) is 0 Å². The van der Waals surface area contributed by atoms with Crippen LogP contribution in [0, 0.1) is 5.41 Å². The van der Waals surface area contributed by atoms with Crippen LogP contribution in [0.3, 0.4) is 0 Å². The number of sulfonamides is 1. The second kappa shape index (κ2) is 5.96. The summed E-state index contributed by atoms with van der Waals surface area (Å²) < 4.78 is 28.2. The molecule has 1 unspecified atom stereocenters. The number of hydrogen-bond donors (Lipinski definition) is 0. The number of rotatable bonds is 4. The highest BCUT2D eigenvalue weighted by molar-refractivity contribution is 7.89. The van der Waals surface area contributed by atoms with Crippen molar-refractivity contribution in [2.75, 3.05) is 6.54 Å². The van der Waals surface area contributed by atoms with Crippen LogP contribution < -0.4 is 0 Å². The van der Waals surface area contributed by atoms with Gasteiger partial charge in [0.15, 0.2) is 0 Å². The van der Waals surface area contributed by atoms with Crippen molar-refractivity contribution in [3.05, 3.63) is 65.7 Å². The Morgan fingerprint density at radius 2 is 1.64 bits per heavy atom. The molecular formula is C21H25NO2S. The highest BCUT2D eigenvalue weighted by atomic mass is 32.2. The first-order chi connectivity index (χ1) is 11.9. The smallest absolute Gasteiger partial charge is 0.207 e. The Labute approximate surface area is 150 Å². The summed E-state index contributed by atoms with van der Waals surface area (Å²) in [5.74, 6) is 0.399. The Bertz CT molecular complexity index is 853. The highest BCUT2D eigenvalue weighted by Crippen LogP contribution is 2.61. The SMILES string of the molecule is CC(C)c1ccc(S(=O)(=O)N2CC3(CCC3)C2c2ccccc2)cc1. The number of nitrogens with zero attached hydrogens (tertiary/aromatic N) is 1. The molecule has 1 heterocycles. The Kier molecular flexibility index (Phi) is 4.00.